The van der Waals surface area contributed by atoms with Gasteiger partial charge in [0.2, 0.25) is 0 Å². The highest BCUT2D eigenvalue weighted by Gasteiger charge is 2.21. The fraction of sp³-hybridized carbons (Fsp3) is 1.00. The zero-order valence-electron chi connectivity index (χ0n) is 5.37. The molecule has 0 amide bonds. The molecule has 1 heterocycles. The summed E-state index contributed by atoms with van der Waals surface area (Å²) < 4.78 is 5.36. The minimum atomic E-state index is 0.157. The molecule has 0 aromatic rings. The maximum absolute atomic E-state index is 5.36. The number of hydrogen-bond donors (Lipinski definition) is 1. The zero-order valence-corrected chi connectivity index (χ0v) is 6.19. The number of hydrogen-bond acceptors (Lipinski definition) is 4. The minimum absolute atomic E-state index is 0.157. The summed E-state index contributed by atoms with van der Waals surface area (Å²) in [5.74, 6) is 5.91. The molecular formula is C5H11NO2S. The van der Waals surface area contributed by atoms with Gasteiger partial charge in [-0.2, -0.15) is 0 Å². The Morgan fingerprint density at radius 2 is 2.67 bits per heavy atom. The van der Waals surface area contributed by atoms with Crippen molar-refractivity contribution in [3.05, 3.63) is 0 Å². The van der Waals surface area contributed by atoms with E-state index in [0.717, 1.165) is 5.75 Å². The Bertz CT molecular complexity index is 89.0. The van der Waals surface area contributed by atoms with Crippen molar-refractivity contribution in [1.82, 2.24) is 0 Å². The lowest BCUT2D eigenvalue weighted by molar-refractivity contribution is 0.0132. The normalized spacial score (nSPS) is 35.3. The largest absolute Gasteiger partial charge is 0.361 e. The van der Waals surface area contributed by atoms with Crippen LogP contribution < -0.4 is 5.90 Å². The molecule has 0 radical (unpaired) electrons. The van der Waals surface area contributed by atoms with Gasteiger partial charge in [0.15, 0.2) is 0 Å². The molecule has 0 aromatic heterocycles. The Morgan fingerprint density at radius 1 is 1.89 bits per heavy atom. The molecule has 4 heteroatoms. The molecule has 0 aliphatic carbocycles. The number of thioether (sulfide) groups is 1. The number of nitrogens with two attached hydrogens (primary N) is 1. The molecule has 2 N–H and O–H groups in total. The first-order chi connectivity index (χ1) is 4.33. The van der Waals surface area contributed by atoms with Gasteiger partial charge in [0.1, 0.15) is 12.0 Å². The first-order valence-electron chi connectivity index (χ1n) is 2.91. The first-order valence-corrected chi connectivity index (χ1v) is 3.96. The van der Waals surface area contributed by atoms with Gasteiger partial charge in [-0.3, -0.25) is 0 Å². The highest BCUT2D eigenvalue weighted by molar-refractivity contribution is 8.00. The van der Waals surface area contributed by atoms with E-state index in [0.29, 0.717) is 12.7 Å². The predicted molar refractivity (Wildman–Crippen MR) is 36.9 cm³/mol. The van der Waals surface area contributed by atoms with Crippen LogP contribution in [0.25, 0.3) is 0 Å². The van der Waals surface area contributed by atoms with Crippen LogP contribution in [-0.2, 0) is 9.57 Å². The smallest absolute Gasteiger partial charge is 0.129 e. The quantitative estimate of drug-likeness (QED) is 0.575. The second kappa shape index (κ2) is 3.41. The molecule has 54 valence electrons. The average molecular weight is 149 g/mol. The second-order valence-electron chi connectivity index (χ2n) is 2.04. The summed E-state index contributed by atoms with van der Waals surface area (Å²) in [5, 5.41) is 0. The molecule has 9 heavy (non-hydrogen) atoms. The van der Waals surface area contributed by atoms with Crippen LogP contribution in [0.4, 0.5) is 0 Å². The first kappa shape index (κ1) is 7.34. The molecule has 1 fully saturated rings. The Labute approximate surface area is 58.8 Å². The summed E-state index contributed by atoms with van der Waals surface area (Å²) in [7, 11) is 0. The van der Waals surface area contributed by atoms with Crippen molar-refractivity contribution in [3.8, 4) is 0 Å². The Kier molecular flexibility index (Phi) is 2.78. The van der Waals surface area contributed by atoms with Gasteiger partial charge < -0.3 is 9.57 Å². The van der Waals surface area contributed by atoms with Crippen LogP contribution in [0.3, 0.4) is 0 Å². The third-order valence-corrected chi connectivity index (χ3v) is 2.41. The lowest BCUT2D eigenvalue weighted by Gasteiger charge is -2.06. The molecule has 3 nitrogen and oxygen atoms in total. The van der Waals surface area contributed by atoms with Crippen molar-refractivity contribution in [1.29, 1.82) is 0 Å². The Balaban J connectivity index is 2.14. The van der Waals surface area contributed by atoms with Gasteiger partial charge in [-0.15, -0.1) is 11.8 Å². The van der Waals surface area contributed by atoms with Crippen molar-refractivity contribution in [2.75, 3.05) is 12.4 Å². The topological polar surface area (TPSA) is 44.5 Å². The highest BCUT2D eigenvalue weighted by atomic mass is 32.2. The summed E-state index contributed by atoms with van der Waals surface area (Å²) in [5.41, 5.74) is 0.157. The van der Waals surface area contributed by atoms with Crippen LogP contribution >= 0.6 is 11.8 Å². The molecule has 1 aliphatic heterocycles. The molecule has 0 spiro atoms. The van der Waals surface area contributed by atoms with Gasteiger partial charge in [0.25, 0.3) is 0 Å². The summed E-state index contributed by atoms with van der Waals surface area (Å²) in [6.45, 7) is 2.54. The molecule has 1 aliphatic rings. The van der Waals surface area contributed by atoms with Crippen LogP contribution in [0, 0.1) is 0 Å². The van der Waals surface area contributed by atoms with Gasteiger partial charge in [-0.25, -0.2) is 5.90 Å². The third-order valence-electron chi connectivity index (χ3n) is 1.13. The molecule has 1 rings (SSSR count). The second-order valence-corrected chi connectivity index (χ2v) is 3.24. The van der Waals surface area contributed by atoms with Crippen LogP contribution in [0.5, 0.6) is 0 Å². The fourth-order valence-electron chi connectivity index (χ4n) is 0.746. The average Bonchev–Trinajstić information content (AvgIpc) is 2.17. The van der Waals surface area contributed by atoms with Gasteiger partial charge in [-0.1, -0.05) is 0 Å². The Hall–Kier alpha value is 0.230. The minimum Gasteiger partial charge on any atom is -0.361 e. The lowest BCUT2D eigenvalue weighted by Crippen LogP contribution is -2.16. The SMILES string of the molecule is CC1CSC(CON)O1. The van der Waals surface area contributed by atoms with Crippen molar-refractivity contribution in [2.24, 2.45) is 5.90 Å². The van der Waals surface area contributed by atoms with E-state index < -0.39 is 0 Å². The van der Waals surface area contributed by atoms with Gasteiger partial charge in [0.05, 0.1) is 6.10 Å². The van der Waals surface area contributed by atoms with Crippen LogP contribution in [0.2, 0.25) is 0 Å². The number of ether oxygens (including phenoxy) is 1. The molecule has 1 saturated heterocycles. The van der Waals surface area contributed by atoms with Crippen molar-refractivity contribution >= 4 is 11.8 Å². The summed E-state index contributed by atoms with van der Waals surface area (Å²) in [4.78, 5) is 4.43. The number of rotatable bonds is 2. The van der Waals surface area contributed by atoms with E-state index in [-0.39, 0.29) is 5.44 Å². The molecule has 0 aromatic carbocycles. The molecule has 0 bridgehead atoms. The van der Waals surface area contributed by atoms with E-state index in [1.807, 2.05) is 6.92 Å². The summed E-state index contributed by atoms with van der Waals surface area (Å²) in [6, 6.07) is 0. The molecule has 2 atom stereocenters. The Morgan fingerprint density at radius 3 is 3.11 bits per heavy atom. The highest BCUT2D eigenvalue weighted by Crippen LogP contribution is 2.24. The molecule has 0 saturated carbocycles. The van der Waals surface area contributed by atoms with Gasteiger partial charge in [0, 0.05) is 5.75 Å². The van der Waals surface area contributed by atoms with Crippen LogP contribution in [0.1, 0.15) is 6.92 Å². The maximum atomic E-state index is 5.36. The van der Waals surface area contributed by atoms with Gasteiger partial charge in [-0.05, 0) is 6.92 Å². The zero-order chi connectivity index (χ0) is 6.69. The summed E-state index contributed by atoms with van der Waals surface area (Å²) >= 11 is 1.75. The van der Waals surface area contributed by atoms with Crippen molar-refractivity contribution in [2.45, 2.75) is 18.5 Å². The summed E-state index contributed by atoms with van der Waals surface area (Å²) in [6.07, 6.45) is 0.357. The van der Waals surface area contributed by atoms with E-state index in [1.165, 1.54) is 0 Å². The monoisotopic (exact) mass is 149 g/mol. The van der Waals surface area contributed by atoms with E-state index in [9.17, 15) is 0 Å². The predicted octanol–water partition coefficient (Wildman–Crippen LogP) is 0.355. The van der Waals surface area contributed by atoms with Crippen LogP contribution in [-0.4, -0.2) is 23.9 Å². The standard InChI is InChI=1S/C5H11NO2S/c1-4-3-9-5(8-4)2-7-6/h4-5H,2-3,6H2,1H3. The van der Waals surface area contributed by atoms with Crippen LogP contribution in [0.15, 0.2) is 0 Å². The van der Waals surface area contributed by atoms with Crippen molar-refractivity contribution < 1.29 is 9.57 Å². The van der Waals surface area contributed by atoms with E-state index in [1.54, 1.807) is 11.8 Å². The lowest BCUT2D eigenvalue weighted by atomic mass is 10.5. The molecular weight excluding hydrogens is 138 g/mol. The third kappa shape index (κ3) is 2.14. The van der Waals surface area contributed by atoms with E-state index in [4.69, 9.17) is 10.6 Å². The fourth-order valence-corrected chi connectivity index (χ4v) is 1.75. The van der Waals surface area contributed by atoms with Crippen molar-refractivity contribution in [3.63, 3.8) is 0 Å². The van der Waals surface area contributed by atoms with Gasteiger partial charge >= 0.3 is 0 Å². The molecule has 2 unspecified atom stereocenters. The van der Waals surface area contributed by atoms with E-state index >= 15 is 0 Å². The maximum Gasteiger partial charge on any atom is 0.129 e. The van der Waals surface area contributed by atoms with E-state index in [2.05, 4.69) is 4.84 Å².